The molecule has 20 heavy (non-hydrogen) atoms. The zero-order valence-electron chi connectivity index (χ0n) is 10.8. The third-order valence-electron chi connectivity index (χ3n) is 3.08. The molecule has 0 saturated heterocycles. The Labute approximate surface area is 115 Å². The molecular formula is C14H16N2O4. The molecular weight excluding hydrogens is 260 g/mol. The largest absolute Gasteiger partial charge is 0.480 e. The zero-order valence-corrected chi connectivity index (χ0v) is 10.8. The highest BCUT2D eigenvalue weighted by atomic mass is 16.4. The molecule has 6 heteroatoms. The number of aromatic amines is 1. The lowest BCUT2D eigenvalue weighted by Crippen LogP contribution is -2.42. The molecule has 1 heterocycles. The maximum absolute atomic E-state index is 11.9. The summed E-state index contributed by atoms with van der Waals surface area (Å²) in [6.07, 6.45) is 1.83. The molecule has 1 aromatic carbocycles. The molecule has 0 fully saturated rings. The van der Waals surface area contributed by atoms with Crippen molar-refractivity contribution in [1.82, 2.24) is 10.3 Å². The lowest BCUT2D eigenvalue weighted by atomic mass is 10.1. The quantitative estimate of drug-likeness (QED) is 0.622. The molecule has 0 bridgehead atoms. The fraction of sp³-hybridized carbons (Fsp3) is 0.286. The van der Waals surface area contributed by atoms with Crippen LogP contribution in [0.2, 0.25) is 0 Å². The summed E-state index contributed by atoms with van der Waals surface area (Å²) >= 11 is 0. The van der Waals surface area contributed by atoms with E-state index in [0.717, 1.165) is 16.5 Å². The van der Waals surface area contributed by atoms with Gasteiger partial charge in [-0.15, -0.1) is 0 Å². The fourth-order valence-electron chi connectivity index (χ4n) is 2.08. The molecule has 6 nitrogen and oxygen atoms in total. The first-order chi connectivity index (χ1) is 9.61. The number of benzene rings is 1. The molecule has 0 aliphatic carbocycles. The van der Waals surface area contributed by atoms with E-state index in [-0.39, 0.29) is 25.4 Å². The van der Waals surface area contributed by atoms with Gasteiger partial charge in [0.2, 0.25) is 5.91 Å². The van der Waals surface area contributed by atoms with Gasteiger partial charge in [-0.1, -0.05) is 18.2 Å². The SMILES string of the molecule is O=C(Cc1c[nH]c2ccccc12)NC(CCO)C(=O)O. The minimum atomic E-state index is -1.15. The smallest absolute Gasteiger partial charge is 0.326 e. The maximum atomic E-state index is 11.9. The summed E-state index contributed by atoms with van der Waals surface area (Å²) < 4.78 is 0. The van der Waals surface area contributed by atoms with Gasteiger partial charge in [-0.05, 0) is 11.6 Å². The molecule has 0 aliphatic heterocycles. The first-order valence-electron chi connectivity index (χ1n) is 6.30. The number of hydrogen-bond donors (Lipinski definition) is 4. The van der Waals surface area contributed by atoms with Crippen LogP contribution in [-0.4, -0.2) is 39.7 Å². The van der Waals surface area contributed by atoms with E-state index in [2.05, 4.69) is 10.3 Å². The lowest BCUT2D eigenvalue weighted by Gasteiger charge is -2.12. The standard InChI is InChI=1S/C14H16N2O4/c17-6-5-12(14(19)20)16-13(18)7-9-8-15-11-4-2-1-3-10(9)11/h1-4,8,12,15,17H,5-7H2,(H,16,18)(H,19,20). The third kappa shape index (κ3) is 3.16. The van der Waals surface area contributed by atoms with Crippen molar-refractivity contribution in [3.63, 3.8) is 0 Å². The molecule has 0 saturated carbocycles. The van der Waals surface area contributed by atoms with Gasteiger partial charge in [0.25, 0.3) is 0 Å². The number of rotatable bonds is 6. The van der Waals surface area contributed by atoms with E-state index in [1.807, 2.05) is 24.3 Å². The van der Waals surface area contributed by atoms with Crippen LogP contribution in [-0.2, 0) is 16.0 Å². The Bertz CT molecular complexity index is 620. The number of aliphatic hydroxyl groups excluding tert-OH is 1. The number of aromatic nitrogens is 1. The van der Waals surface area contributed by atoms with E-state index in [1.54, 1.807) is 6.20 Å². The van der Waals surface area contributed by atoms with E-state index in [4.69, 9.17) is 10.2 Å². The van der Waals surface area contributed by atoms with Crippen LogP contribution in [0.5, 0.6) is 0 Å². The molecule has 0 radical (unpaired) electrons. The molecule has 4 N–H and O–H groups in total. The molecule has 2 aromatic rings. The number of para-hydroxylation sites is 1. The van der Waals surface area contributed by atoms with Crippen molar-refractivity contribution in [2.75, 3.05) is 6.61 Å². The fourth-order valence-corrected chi connectivity index (χ4v) is 2.08. The summed E-state index contributed by atoms with van der Waals surface area (Å²) in [6, 6.07) is 6.52. The number of H-pyrrole nitrogens is 1. The van der Waals surface area contributed by atoms with Gasteiger partial charge in [0, 0.05) is 30.1 Å². The zero-order chi connectivity index (χ0) is 14.5. The highest BCUT2D eigenvalue weighted by Crippen LogP contribution is 2.18. The van der Waals surface area contributed by atoms with Gasteiger partial charge < -0.3 is 20.5 Å². The first kappa shape index (κ1) is 14.1. The van der Waals surface area contributed by atoms with Gasteiger partial charge in [0.1, 0.15) is 6.04 Å². The third-order valence-corrected chi connectivity index (χ3v) is 3.08. The van der Waals surface area contributed by atoms with Gasteiger partial charge in [-0.2, -0.15) is 0 Å². The Hall–Kier alpha value is -2.34. The van der Waals surface area contributed by atoms with Crippen LogP contribution >= 0.6 is 0 Å². The van der Waals surface area contributed by atoms with Crippen LogP contribution in [0.15, 0.2) is 30.5 Å². The summed E-state index contributed by atoms with van der Waals surface area (Å²) in [7, 11) is 0. The van der Waals surface area contributed by atoms with Crippen molar-refractivity contribution in [3.05, 3.63) is 36.0 Å². The van der Waals surface area contributed by atoms with Crippen LogP contribution in [0.1, 0.15) is 12.0 Å². The number of carbonyl (C=O) groups is 2. The number of hydrogen-bond acceptors (Lipinski definition) is 3. The Kier molecular flexibility index (Phi) is 4.37. The van der Waals surface area contributed by atoms with E-state index in [9.17, 15) is 9.59 Å². The lowest BCUT2D eigenvalue weighted by molar-refractivity contribution is -0.142. The van der Waals surface area contributed by atoms with E-state index >= 15 is 0 Å². The number of carboxylic acid groups (broad SMARTS) is 1. The Morgan fingerprint density at radius 1 is 1.30 bits per heavy atom. The Morgan fingerprint density at radius 3 is 2.75 bits per heavy atom. The molecule has 1 amide bonds. The minimum Gasteiger partial charge on any atom is -0.480 e. The number of amides is 1. The number of carboxylic acids is 1. The Balaban J connectivity index is 2.06. The van der Waals surface area contributed by atoms with Gasteiger partial charge in [-0.25, -0.2) is 4.79 Å². The van der Waals surface area contributed by atoms with E-state index in [0.29, 0.717) is 0 Å². The summed E-state index contributed by atoms with van der Waals surface area (Å²) in [5, 5.41) is 21.0. The van der Waals surface area contributed by atoms with Crippen molar-refractivity contribution in [2.24, 2.45) is 0 Å². The van der Waals surface area contributed by atoms with Gasteiger partial charge in [-0.3, -0.25) is 4.79 Å². The number of aliphatic hydroxyl groups is 1. The monoisotopic (exact) mass is 276 g/mol. The van der Waals surface area contributed by atoms with E-state index < -0.39 is 12.0 Å². The molecule has 1 aromatic heterocycles. The molecule has 1 unspecified atom stereocenters. The van der Waals surface area contributed by atoms with Gasteiger partial charge in [0.15, 0.2) is 0 Å². The summed E-state index contributed by atoms with van der Waals surface area (Å²) in [5.41, 5.74) is 1.74. The predicted molar refractivity (Wildman–Crippen MR) is 73.3 cm³/mol. The summed E-state index contributed by atoms with van der Waals surface area (Å²) in [6.45, 7) is -0.287. The van der Waals surface area contributed by atoms with E-state index in [1.165, 1.54) is 0 Å². The van der Waals surface area contributed by atoms with Crippen LogP contribution in [0.4, 0.5) is 0 Å². The van der Waals surface area contributed by atoms with Crippen molar-refractivity contribution in [1.29, 1.82) is 0 Å². The van der Waals surface area contributed by atoms with Crippen molar-refractivity contribution >= 4 is 22.8 Å². The molecule has 0 spiro atoms. The Morgan fingerprint density at radius 2 is 2.05 bits per heavy atom. The number of fused-ring (bicyclic) bond motifs is 1. The summed E-state index contributed by atoms with van der Waals surface area (Å²) in [4.78, 5) is 25.8. The maximum Gasteiger partial charge on any atom is 0.326 e. The molecule has 2 rings (SSSR count). The van der Waals surface area contributed by atoms with Crippen LogP contribution in [0.25, 0.3) is 10.9 Å². The molecule has 106 valence electrons. The minimum absolute atomic E-state index is 0.00500. The van der Waals surface area contributed by atoms with Crippen molar-refractivity contribution in [3.8, 4) is 0 Å². The highest BCUT2D eigenvalue weighted by Gasteiger charge is 2.19. The number of aliphatic carboxylic acids is 1. The van der Waals surface area contributed by atoms with Gasteiger partial charge >= 0.3 is 5.97 Å². The topological polar surface area (TPSA) is 102 Å². The van der Waals surface area contributed by atoms with Crippen LogP contribution < -0.4 is 5.32 Å². The number of carbonyl (C=O) groups excluding carboxylic acids is 1. The van der Waals surface area contributed by atoms with Crippen LogP contribution in [0, 0.1) is 0 Å². The second-order valence-corrected chi connectivity index (χ2v) is 4.51. The van der Waals surface area contributed by atoms with Crippen LogP contribution in [0.3, 0.4) is 0 Å². The second-order valence-electron chi connectivity index (χ2n) is 4.51. The summed E-state index contributed by atoms with van der Waals surface area (Å²) in [5.74, 6) is -1.53. The second kappa shape index (κ2) is 6.21. The normalized spacial score (nSPS) is 12.2. The average molecular weight is 276 g/mol. The highest BCUT2D eigenvalue weighted by molar-refractivity contribution is 5.90. The first-order valence-corrected chi connectivity index (χ1v) is 6.30. The van der Waals surface area contributed by atoms with Crippen molar-refractivity contribution in [2.45, 2.75) is 18.9 Å². The molecule has 0 aliphatic rings. The van der Waals surface area contributed by atoms with Crippen molar-refractivity contribution < 1.29 is 19.8 Å². The average Bonchev–Trinajstić information content (AvgIpc) is 2.81. The predicted octanol–water partition coefficient (Wildman–Crippen LogP) is 0.662. The van der Waals surface area contributed by atoms with Gasteiger partial charge in [0.05, 0.1) is 6.42 Å². The molecule has 1 atom stereocenters. The number of nitrogens with one attached hydrogen (secondary N) is 2.